The van der Waals surface area contributed by atoms with Gasteiger partial charge in [0.2, 0.25) is 0 Å². The Bertz CT molecular complexity index is 326. The molecule has 2 N–H and O–H groups in total. The zero-order chi connectivity index (χ0) is 8.70. The molecule has 5 nitrogen and oxygen atoms in total. The summed E-state index contributed by atoms with van der Waals surface area (Å²) in [7, 11) is -3.67. The summed E-state index contributed by atoms with van der Waals surface area (Å²) in [6.45, 7) is 3.49. The number of hydrogen-bond acceptors (Lipinski definition) is 4. The van der Waals surface area contributed by atoms with Crippen molar-refractivity contribution in [1.82, 2.24) is 0 Å². The minimum absolute atomic E-state index is 0.150. The van der Waals surface area contributed by atoms with Crippen molar-refractivity contribution in [1.29, 1.82) is 0 Å². The first kappa shape index (κ1) is 8.35. The highest BCUT2D eigenvalue weighted by Crippen LogP contribution is 2.24. The molecule has 6 heteroatoms. The second-order valence-corrected chi connectivity index (χ2v) is 4.39. The van der Waals surface area contributed by atoms with Crippen molar-refractivity contribution in [2.45, 2.75) is 19.4 Å². The number of rotatable bonds is 1. The third-order valence-electron chi connectivity index (χ3n) is 1.17. The van der Waals surface area contributed by atoms with Gasteiger partial charge < -0.3 is 0 Å². The third kappa shape index (κ3) is 1.84. The van der Waals surface area contributed by atoms with Crippen molar-refractivity contribution in [2.24, 2.45) is 15.4 Å². The van der Waals surface area contributed by atoms with Gasteiger partial charge in [0.25, 0.3) is 10.0 Å². The van der Waals surface area contributed by atoms with Crippen LogP contribution in [0.2, 0.25) is 0 Å². The lowest BCUT2D eigenvalue weighted by molar-refractivity contribution is 0.603. The molecule has 1 heterocycles. The van der Waals surface area contributed by atoms with Crippen LogP contribution in [0.25, 0.3) is 0 Å². The van der Waals surface area contributed by atoms with Crippen LogP contribution in [-0.2, 0) is 10.0 Å². The first-order valence-electron chi connectivity index (χ1n) is 3.00. The van der Waals surface area contributed by atoms with Crippen LogP contribution < -0.4 is 5.14 Å². The molecule has 0 bridgehead atoms. The number of sulfonamides is 1. The van der Waals surface area contributed by atoms with Crippen molar-refractivity contribution < 1.29 is 8.42 Å². The summed E-state index contributed by atoms with van der Waals surface area (Å²) in [5, 5.41) is 11.8. The third-order valence-corrected chi connectivity index (χ3v) is 1.96. The van der Waals surface area contributed by atoms with E-state index in [2.05, 4.69) is 10.2 Å². The lowest BCUT2D eigenvalue weighted by Gasteiger charge is -2.04. The van der Waals surface area contributed by atoms with E-state index in [0.29, 0.717) is 0 Å². The van der Waals surface area contributed by atoms with Gasteiger partial charge in [0.05, 0.1) is 5.54 Å². The van der Waals surface area contributed by atoms with Gasteiger partial charge in [-0.3, -0.25) is 0 Å². The maximum absolute atomic E-state index is 10.7. The molecule has 0 atom stereocenters. The fourth-order valence-electron chi connectivity index (χ4n) is 0.677. The standard InChI is InChI=1S/C5H9N3O2S/c1-5(2)3-4(7-8-5)11(6,9)10/h3H,1-2H3,(H2,6,9,10). The highest BCUT2D eigenvalue weighted by Gasteiger charge is 2.25. The molecule has 1 rings (SSSR count). The van der Waals surface area contributed by atoms with E-state index in [1.807, 2.05) is 0 Å². The Balaban J connectivity index is 3.09. The van der Waals surface area contributed by atoms with E-state index < -0.39 is 15.6 Å². The van der Waals surface area contributed by atoms with E-state index in [-0.39, 0.29) is 5.03 Å². The highest BCUT2D eigenvalue weighted by molar-refractivity contribution is 7.93. The Kier molecular flexibility index (Phi) is 1.61. The predicted octanol–water partition coefficient (Wildman–Crippen LogP) is 0.361. The second kappa shape index (κ2) is 2.12. The van der Waals surface area contributed by atoms with Crippen molar-refractivity contribution in [2.75, 3.05) is 0 Å². The van der Waals surface area contributed by atoms with E-state index in [0.717, 1.165) is 0 Å². The lowest BCUT2D eigenvalue weighted by Crippen LogP contribution is -2.14. The van der Waals surface area contributed by atoms with Crippen molar-refractivity contribution >= 4 is 10.0 Å². The van der Waals surface area contributed by atoms with Crippen molar-refractivity contribution in [3.05, 3.63) is 11.1 Å². The second-order valence-electron chi connectivity index (χ2n) is 2.88. The maximum Gasteiger partial charge on any atom is 0.257 e. The van der Waals surface area contributed by atoms with Crippen LogP contribution in [0.15, 0.2) is 21.3 Å². The molecule has 11 heavy (non-hydrogen) atoms. The zero-order valence-corrected chi connectivity index (χ0v) is 7.09. The minimum atomic E-state index is -3.67. The Labute approximate surface area is 65.1 Å². The average molecular weight is 175 g/mol. The van der Waals surface area contributed by atoms with Gasteiger partial charge in [-0.25, -0.2) is 13.6 Å². The van der Waals surface area contributed by atoms with E-state index in [4.69, 9.17) is 5.14 Å². The normalized spacial score (nSPS) is 21.9. The molecule has 62 valence electrons. The molecule has 0 amide bonds. The monoisotopic (exact) mass is 175 g/mol. The Morgan fingerprint density at radius 1 is 1.55 bits per heavy atom. The Morgan fingerprint density at radius 3 is 2.27 bits per heavy atom. The topological polar surface area (TPSA) is 84.9 Å². The molecule has 0 spiro atoms. The molecule has 0 aliphatic carbocycles. The Hall–Kier alpha value is -0.750. The first-order chi connectivity index (χ1) is 4.81. The average Bonchev–Trinajstić information content (AvgIpc) is 2.07. The first-order valence-corrected chi connectivity index (χ1v) is 4.54. The number of azo groups is 1. The smallest absolute Gasteiger partial charge is 0.223 e. The van der Waals surface area contributed by atoms with Gasteiger partial charge in [-0.05, 0) is 19.9 Å². The SMILES string of the molecule is CC1(C)C=C(S(N)(=O)=O)N=N1. The van der Waals surface area contributed by atoms with Gasteiger partial charge in [0, 0.05) is 0 Å². The van der Waals surface area contributed by atoms with Crippen LogP contribution in [0.4, 0.5) is 0 Å². The molecule has 0 aromatic rings. The van der Waals surface area contributed by atoms with Gasteiger partial charge in [0.1, 0.15) is 0 Å². The molecule has 0 fully saturated rings. The quantitative estimate of drug-likeness (QED) is 0.624. The molecular weight excluding hydrogens is 166 g/mol. The molecule has 0 saturated heterocycles. The van der Waals surface area contributed by atoms with Crippen LogP contribution >= 0.6 is 0 Å². The van der Waals surface area contributed by atoms with Crippen LogP contribution in [0.3, 0.4) is 0 Å². The molecule has 0 unspecified atom stereocenters. The van der Waals surface area contributed by atoms with E-state index in [1.54, 1.807) is 13.8 Å². The fourth-order valence-corrected chi connectivity index (χ4v) is 1.28. The maximum atomic E-state index is 10.7. The summed E-state index contributed by atoms with van der Waals surface area (Å²) in [6, 6.07) is 0. The summed E-state index contributed by atoms with van der Waals surface area (Å²) in [4.78, 5) is 0. The Morgan fingerprint density at radius 2 is 2.09 bits per heavy atom. The molecule has 0 aromatic heterocycles. The lowest BCUT2D eigenvalue weighted by atomic mass is 10.1. The van der Waals surface area contributed by atoms with Gasteiger partial charge in [0.15, 0.2) is 5.03 Å². The minimum Gasteiger partial charge on any atom is -0.223 e. The molecular formula is C5H9N3O2S. The van der Waals surface area contributed by atoms with Gasteiger partial charge in [-0.1, -0.05) is 0 Å². The van der Waals surface area contributed by atoms with Crippen molar-refractivity contribution in [3.63, 3.8) is 0 Å². The van der Waals surface area contributed by atoms with E-state index >= 15 is 0 Å². The predicted molar refractivity (Wildman–Crippen MR) is 40.1 cm³/mol. The van der Waals surface area contributed by atoms with Crippen molar-refractivity contribution in [3.8, 4) is 0 Å². The van der Waals surface area contributed by atoms with Crippen LogP contribution in [0.1, 0.15) is 13.8 Å². The summed E-state index contributed by atoms with van der Waals surface area (Å²) in [6.07, 6.45) is 1.42. The highest BCUT2D eigenvalue weighted by atomic mass is 32.2. The number of hydrogen-bond donors (Lipinski definition) is 1. The number of nitrogens with two attached hydrogens (primary N) is 1. The molecule has 0 aromatic carbocycles. The summed E-state index contributed by atoms with van der Waals surface area (Å²) in [5.41, 5.74) is -0.540. The van der Waals surface area contributed by atoms with Gasteiger partial charge in [-0.2, -0.15) is 5.11 Å². The fraction of sp³-hybridized carbons (Fsp3) is 0.600. The number of primary sulfonamides is 1. The summed E-state index contributed by atoms with van der Waals surface area (Å²) in [5.74, 6) is 0. The summed E-state index contributed by atoms with van der Waals surface area (Å²) < 4.78 is 21.4. The van der Waals surface area contributed by atoms with Gasteiger partial charge >= 0.3 is 0 Å². The van der Waals surface area contributed by atoms with Crippen LogP contribution in [0, 0.1) is 0 Å². The van der Waals surface area contributed by atoms with E-state index in [1.165, 1.54) is 6.08 Å². The molecule has 1 aliphatic rings. The summed E-state index contributed by atoms with van der Waals surface area (Å²) >= 11 is 0. The largest absolute Gasteiger partial charge is 0.257 e. The number of nitrogens with zero attached hydrogens (tertiary/aromatic N) is 2. The van der Waals surface area contributed by atoms with Gasteiger partial charge in [-0.15, -0.1) is 5.11 Å². The zero-order valence-electron chi connectivity index (χ0n) is 6.27. The molecule has 0 radical (unpaired) electrons. The van der Waals surface area contributed by atoms with E-state index in [9.17, 15) is 8.42 Å². The molecule has 0 saturated carbocycles. The van der Waals surface area contributed by atoms with Crippen LogP contribution in [0.5, 0.6) is 0 Å². The van der Waals surface area contributed by atoms with Crippen LogP contribution in [-0.4, -0.2) is 14.0 Å². The molecule has 1 aliphatic heterocycles.